The number of hydrogen-bond acceptors (Lipinski definition) is 5. The zero-order chi connectivity index (χ0) is 13.1. The molecule has 0 aliphatic carbocycles. The van der Waals surface area contributed by atoms with Gasteiger partial charge in [-0.15, -0.1) is 0 Å². The van der Waals surface area contributed by atoms with Gasteiger partial charge in [-0.05, 0) is 19.0 Å². The summed E-state index contributed by atoms with van der Waals surface area (Å²) in [4.78, 5) is 18.5. The fourth-order valence-electron chi connectivity index (χ4n) is 1.75. The lowest BCUT2D eigenvalue weighted by atomic mass is 10.2. The van der Waals surface area contributed by atoms with E-state index >= 15 is 0 Å². The van der Waals surface area contributed by atoms with E-state index in [0.717, 1.165) is 11.4 Å². The van der Waals surface area contributed by atoms with Gasteiger partial charge in [0.15, 0.2) is 0 Å². The molecule has 18 heavy (non-hydrogen) atoms. The van der Waals surface area contributed by atoms with Gasteiger partial charge >= 0.3 is 0 Å². The maximum Gasteiger partial charge on any atom is 0.287 e. The molecule has 0 fully saturated rings. The van der Waals surface area contributed by atoms with Crippen molar-refractivity contribution in [1.82, 2.24) is 14.5 Å². The number of hydrogen-bond donors (Lipinski definition) is 1. The summed E-state index contributed by atoms with van der Waals surface area (Å²) in [6.07, 6.45) is 5.30. The topological polar surface area (TPSA) is 99.9 Å². The number of pyridine rings is 1. The number of aryl methyl sites for hydroxylation is 1. The molecule has 2 rings (SSSR count). The molecule has 2 heterocycles. The van der Waals surface area contributed by atoms with Crippen LogP contribution in [-0.4, -0.2) is 26.0 Å². The van der Waals surface area contributed by atoms with Crippen LogP contribution < -0.4 is 5.73 Å². The van der Waals surface area contributed by atoms with Gasteiger partial charge in [0.05, 0.1) is 4.92 Å². The van der Waals surface area contributed by atoms with Crippen LogP contribution in [0.1, 0.15) is 11.4 Å². The average molecular weight is 247 g/mol. The molecule has 0 aliphatic heterocycles. The molecule has 0 saturated carbocycles. The Hall–Kier alpha value is -2.28. The number of rotatable bonds is 4. The van der Waals surface area contributed by atoms with Crippen LogP contribution in [0.3, 0.4) is 0 Å². The van der Waals surface area contributed by atoms with E-state index in [9.17, 15) is 10.1 Å². The first-order chi connectivity index (χ1) is 8.63. The Kier molecular flexibility index (Phi) is 3.33. The van der Waals surface area contributed by atoms with E-state index in [0.29, 0.717) is 18.8 Å². The summed E-state index contributed by atoms with van der Waals surface area (Å²) in [5, 5.41) is 10.7. The van der Waals surface area contributed by atoms with Crippen LogP contribution in [0, 0.1) is 17.0 Å². The summed E-state index contributed by atoms with van der Waals surface area (Å²) in [5.41, 5.74) is 6.21. The molecule has 0 atom stereocenters. The number of nitrogens with two attached hydrogens (primary N) is 1. The lowest BCUT2D eigenvalue weighted by molar-refractivity contribution is -0.385. The molecule has 0 aliphatic rings. The Morgan fingerprint density at radius 2 is 2.28 bits per heavy atom. The molecule has 2 N–H and O–H groups in total. The average Bonchev–Trinajstić information content (AvgIpc) is 2.77. The molecule has 0 radical (unpaired) electrons. The number of aromatic nitrogens is 3. The van der Waals surface area contributed by atoms with Crippen LogP contribution >= 0.6 is 0 Å². The van der Waals surface area contributed by atoms with Crippen LogP contribution in [0.15, 0.2) is 24.7 Å². The minimum Gasteiger partial charge on any atom is -0.330 e. The molecule has 0 aromatic carbocycles. The van der Waals surface area contributed by atoms with Crippen molar-refractivity contribution < 1.29 is 4.92 Å². The van der Waals surface area contributed by atoms with Gasteiger partial charge in [0.25, 0.3) is 5.69 Å². The summed E-state index contributed by atoms with van der Waals surface area (Å²) in [6, 6.07) is 1.49. The van der Waals surface area contributed by atoms with E-state index < -0.39 is 4.92 Å². The van der Waals surface area contributed by atoms with Crippen LogP contribution in [0.5, 0.6) is 0 Å². The van der Waals surface area contributed by atoms with Crippen molar-refractivity contribution in [2.75, 3.05) is 6.54 Å². The first-order valence-electron chi connectivity index (χ1n) is 5.47. The molecule has 2 aromatic heterocycles. The number of nitro groups is 1. The van der Waals surface area contributed by atoms with Gasteiger partial charge in [-0.1, -0.05) is 0 Å². The van der Waals surface area contributed by atoms with Crippen molar-refractivity contribution in [1.29, 1.82) is 0 Å². The molecule has 0 saturated heterocycles. The summed E-state index contributed by atoms with van der Waals surface area (Å²) in [6.45, 7) is 2.27. The Morgan fingerprint density at radius 3 is 2.89 bits per heavy atom. The normalized spacial score (nSPS) is 10.6. The Morgan fingerprint density at radius 1 is 1.50 bits per heavy atom. The first kappa shape index (κ1) is 12.2. The maximum absolute atomic E-state index is 10.7. The quantitative estimate of drug-likeness (QED) is 0.641. The highest BCUT2D eigenvalue weighted by Crippen LogP contribution is 2.18. The van der Waals surface area contributed by atoms with Crippen LogP contribution in [0.2, 0.25) is 0 Å². The fraction of sp³-hybridized carbons (Fsp3) is 0.273. The van der Waals surface area contributed by atoms with Crippen LogP contribution in [0.25, 0.3) is 5.82 Å². The van der Waals surface area contributed by atoms with Crippen molar-refractivity contribution in [2.45, 2.75) is 13.3 Å². The highest BCUT2D eigenvalue weighted by atomic mass is 16.6. The SMILES string of the molecule is Cc1cc([N+](=O)[O-])cnc1-n1ccnc1CCN. The number of imidazole rings is 1. The lowest BCUT2D eigenvalue weighted by Crippen LogP contribution is -2.10. The molecule has 0 spiro atoms. The molecule has 94 valence electrons. The minimum atomic E-state index is -0.460. The summed E-state index contributed by atoms with van der Waals surface area (Å²) in [5.74, 6) is 1.43. The fourth-order valence-corrected chi connectivity index (χ4v) is 1.75. The van der Waals surface area contributed by atoms with Crippen molar-refractivity contribution in [3.8, 4) is 5.82 Å². The first-order valence-corrected chi connectivity index (χ1v) is 5.47. The van der Waals surface area contributed by atoms with Crippen LogP contribution in [0.4, 0.5) is 5.69 Å². The second-order valence-corrected chi connectivity index (χ2v) is 3.84. The largest absolute Gasteiger partial charge is 0.330 e. The number of nitrogens with zero attached hydrogens (tertiary/aromatic N) is 4. The van der Waals surface area contributed by atoms with Crippen molar-refractivity contribution in [3.63, 3.8) is 0 Å². The monoisotopic (exact) mass is 247 g/mol. The van der Waals surface area contributed by atoms with Crippen LogP contribution in [-0.2, 0) is 6.42 Å². The zero-order valence-electron chi connectivity index (χ0n) is 9.91. The van der Waals surface area contributed by atoms with Crippen molar-refractivity contribution in [2.24, 2.45) is 5.73 Å². The second-order valence-electron chi connectivity index (χ2n) is 3.84. The van der Waals surface area contributed by atoms with E-state index in [1.54, 1.807) is 23.9 Å². The second kappa shape index (κ2) is 4.92. The Bertz CT molecular complexity index is 579. The van der Waals surface area contributed by atoms with Gasteiger partial charge in [0.2, 0.25) is 0 Å². The van der Waals surface area contributed by atoms with E-state index in [-0.39, 0.29) is 5.69 Å². The highest BCUT2D eigenvalue weighted by Gasteiger charge is 2.12. The van der Waals surface area contributed by atoms with Gasteiger partial charge in [-0.25, -0.2) is 9.97 Å². The third-order valence-electron chi connectivity index (χ3n) is 2.56. The zero-order valence-corrected chi connectivity index (χ0v) is 9.91. The Balaban J connectivity index is 2.44. The molecule has 2 aromatic rings. The maximum atomic E-state index is 10.7. The van der Waals surface area contributed by atoms with E-state index in [1.165, 1.54) is 12.3 Å². The Labute approximate surface area is 103 Å². The van der Waals surface area contributed by atoms with Gasteiger partial charge in [-0.2, -0.15) is 0 Å². The third-order valence-corrected chi connectivity index (χ3v) is 2.56. The third kappa shape index (κ3) is 2.21. The van der Waals surface area contributed by atoms with Gasteiger partial charge in [0.1, 0.15) is 17.8 Å². The molecule has 0 bridgehead atoms. The smallest absolute Gasteiger partial charge is 0.287 e. The molecular weight excluding hydrogens is 234 g/mol. The van der Waals surface area contributed by atoms with Gasteiger partial charge in [-0.3, -0.25) is 14.7 Å². The van der Waals surface area contributed by atoms with E-state index in [1.807, 2.05) is 0 Å². The highest BCUT2D eigenvalue weighted by molar-refractivity contribution is 5.41. The summed E-state index contributed by atoms with van der Waals surface area (Å²) >= 11 is 0. The summed E-state index contributed by atoms with van der Waals surface area (Å²) in [7, 11) is 0. The van der Waals surface area contributed by atoms with Gasteiger partial charge < -0.3 is 5.73 Å². The molecule has 0 unspecified atom stereocenters. The predicted molar refractivity (Wildman–Crippen MR) is 65.5 cm³/mol. The lowest BCUT2D eigenvalue weighted by Gasteiger charge is -2.08. The molecule has 7 nitrogen and oxygen atoms in total. The molecular formula is C11H13N5O2. The van der Waals surface area contributed by atoms with Crippen molar-refractivity contribution in [3.05, 3.63) is 46.2 Å². The minimum absolute atomic E-state index is 0.0169. The standard InChI is InChI=1S/C11H13N5O2/c1-8-6-9(16(17)18)7-14-11(8)15-5-4-13-10(15)2-3-12/h4-7H,2-3,12H2,1H3. The van der Waals surface area contributed by atoms with Crippen molar-refractivity contribution >= 4 is 5.69 Å². The van der Waals surface area contributed by atoms with Gasteiger partial charge in [0, 0.05) is 24.9 Å². The van der Waals surface area contributed by atoms with E-state index in [4.69, 9.17) is 5.73 Å². The molecule has 0 amide bonds. The summed E-state index contributed by atoms with van der Waals surface area (Å²) < 4.78 is 1.80. The molecule has 7 heteroatoms. The predicted octanol–water partition coefficient (Wildman–Crippen LogP) is 0.985. The van der Waals surface area contributed by atoms with E-state index in [2.05, 4.69) is 9.97 Å².